The fourth-order valence-electron chi connectivity index (χ4n) is 4.00. The van der Waals surface area contributed by atoms with E-state index in [1.165, 1.54) is 15.9 Å². The zero-order chi connectivity index (χ0) is 26.0. The molecule has 0 N–H and O–H groups in total. The fraction of sp³-hybridized carbons (Fsp3) is 0.269. The first-order valence-electron chi connectivity index (χ1n) is 11.2. The Morgan fingerprint density at radius 3 is 2.58 bits per heavy atom. The highest BCUT2D eigenvalue weighted by Crippen LogP contribution is 2.36. The van der Waals surface area contributed by atoms with Gasteiger partial charge >= 0.3 is 5.97 Å². The summed E-state index contributed by atoms with van der Waals surface area (Å²) in [7, 11) is 1.55. The second kappa shape index (κ2) is 10.9. The van der Waals surface area contributed by atoms with Crippen LogP contribution in [0.1, 0.15) is 37.9 Å². The summed E-state index contributed by atoms with van der Waals surface area (Å²) in [6, 6.07) is 9.62. The number of thiazole rings is 1. The maximum Gasteiger partial charge on any atom is 0.338 e. The number of carbonyl (C=O) groups excluding carboxylic acids is 1. The number of methoxy groups -OCH3 is 1. The molecule has 0 aliphatic carbocycles. The highest BCUT2D eigenvalue weighted by Gasteiger charge is 2.34. The number of allylic oxidation sites excluding steroid dienone is 1. The van der Waals surface area contributed by atoms with Gasteiger partial charge in [-0.15, -0.1) is 0 Å². The fourth-order valence-corrected chi connectivity index (χ4v) is 5.50. The van der Waals surface area contributed by atoms with Gasteiger partial charge in [0.05, 0.1) is 42.2 Å². The van der Waals surface area contributed by atoms with Gasteiger partial charge in [-0.2, -0.15) is 0 Å². The number of esters is 1. The Morgan fingerprint density at radius 2 is 1.92 bits per heavy atom. The van der Waals surface area contributed by atoms with Gasteiger partial charge in [-0.1, -0.05) is 46.7 Å². The molecular weight excluding hydrogens is 523 g/mol. The maximum absolute atomic E-state index is 13.7. The van der Waals surface area contributed by atoms with Crippen LogP contribution < -0.4 is 24.4 Å². The van der Waals surface area contributed by atoms with Crippen LogP contribution in [0.3, 0.4) is 0 Å². The van der Waals surface area contributed by atoms with Crippen LogP contribution in [0.2, 0.25) is 10.0 Å². The highest BCUT2D eigenvalue weighted by atomic mass is 35.5. The van der Waals surface area contributed by atoms with Crippen LogP contribution in [0.5, 0.6) is 11.5 Å². The first-order chi connectivity index (χ1) is 17.3. The van der Waals surface area contributed by atoms with Crippen molar-refractivity contribution in [2.45, 2.75) is 26.8 Å². The summed E-state index contributed by atoms with van der Waals surface area (Å²) in [5.41, 5.74) is 1.76. The van der Waals surface area contributed by atoms with E-state index in [1.807, 2.05) is 6.92 Å². The van der Waals surface area contributed by atoms with Gasteiger partial charge in [0.2, 0.25) is 0 Å². The van der Waals surface area contributed by atoms with Crippen molar-refractivity contribution >= 4 is 46.6 Å². The van der Waals surface area contributed by atoms with Gasteiger partial charge in [0.25, 0.3) is 5.56 Å². The third kappa shape index (κ3) is 4.93. The molecule has 0 fully saturated rings. The zero-order valence-electron chi connectivity index (χ0n) is 20.1. The lowest BCUT2D eigenvalue weighted by atomic mass is 9.95. The Labute approximate surface area is 221 Å². The minimum atomic E-state index is -0.770. The van der Waals surface area contributed by atoms with Crippen molar-refractivity contribution in [1.82, 2.24) is 4.57 Å². The summed E-state index contributed by atoms with van der Waals surface area (Å²) in [6.07, 6.45) is 1.70. The second-order valence-corrected chi connectivity index (χ2v) is 9.66. The van der Waals surface area contributed by atoms with E-state index < -0.39 is 12.0 Å². The molecule has 2 aromatic carbocycles. The highest BCUT2D eigenvalue weighted by molar-refractivity contribution is 7.07. The third-order valence-electron chi connectivity index (χ3n) is 5.57. The summed E-state index contributed by atoms with van der Waals surface area (Å²) >= 11 is 13.6. The summed E-state index contributed by atoms with van der Waals surface area (Å²) in [6.45, 7) is 5.94. The van der Waals surface area contributed by atoms with E-state index in [0.717, 1.165) is 0 Å². The van der Waals surface area contributed by atoms with Gasteiger partial charge in [-0.3, -0.25) is 9.36 Å². The molecule has 4 rings (SSSR count). The van der Waals surface area contributed by atoms with Crippen LogP contribution in [-0.2, 0) is 9.53 Å². The van der Waals surface area contributed by atoms with Crippen LogP contribution in [0.4, 0.5) is 0 Å². The number of fused-ring (bicyclic) bond motifs is 1. The van der Waals surface area contributed by atoms with Crippen LogP contribution in [0, 0.1) is 0 Å². The molecule has 0 bridgehead atoms. The predicted octanol–water partition coefficient (Wildman–Crippen LogP) is 4.51. The molecule has 2 heterocycles. The lowest BCUT2D eigenvalue weighted by Crippen LogP contribution is -2.40. The summed E-state index contributed by atoms with van der Waals surface area (Å²) in [4.78, 5) is 31.9. The number of carbonyl (C=O) groups is 1. The summed E-state index contributed by atoms with van der Waals surface area (Å²) in [5.74, 6) is 0.516. The topological polar surface area (TPSA) is 79.1 Å². The largest absolute Gasteiger partial charge is 0.493 e. The maximum atomic E-state index is 13.7. The van der Waals surface area contributed by atoms with Gasteiger partial charge in [-0.05, 0) is 62.2 Å². The van der Waals surface area contributed by atoms with Crippen LogP contribution >= 0.6 is 34.5 Å². The molecule has 0 spiro atoms. The van der Waals surface area contributed by atoms with Crippen LogP contribution in [-0.4, -0.2) is 30.9 Å². The van der Waals surface area contributed by atoms with Gasteiger partial charge < -0.3 is 14.2 Å². The number of halogens is 2. The Hall–Kier alpha value is -3.07. The monoisotopic (exact) mass is 546 g/mol. The number of nitrogens with zero attached hydrogens (tertiary/aromatic N) is 2. The van der Waals surface area contributed by atoms with E-state index in [1.54, 1.807) is 63.4 Å². The molecule has 1 atom stereocenters. The molecule has 1 aliphatic heterocycles. The van der Waals surface area contributed by atoms with Gasteiger partial charge in [0, 0.05) is 10.0 Å². The van der Waals surface area contributed by atoms with Crippen LogP contribution in [0.25, 0.3) is 6.08 Å². The van der Waals surface area contributed by atoms with Crippen molar-refractivity contribution in [2.24, 2.45) is 4.99 Å². The Morgan fingerprint density at radius 1 is 1.14 bits per heavy atom. The first-order valence-corrected chi connectivity index (χ1v) is 12.8. The molecule has 36 heavy (non-hydrogen) atoms. The molecule has 7 nitrogen and oxygen atoms in total. The average molecular weight is 547 g/mol. The lowest BCUT2D eigenvalue weighted by Gasteiger charge is -2.25. The predicted molar refractivity (Wildman–Crippen MR) is 141 cm³/mol. The second-order valence-electron chi connectivity index (χ2n) is 7.81. The van der Waals surface area contributed by atoms with Crippen molar-refractivity contribution < 1.29 is 19.0 Å². The van der Waals surface area contributed by atoms with Crippen molar-refractivity contribution in [1.29, 1.82) is 0 Å². The molecule has 10 heteroatoms. The summed E-state index contributed by atoms with van der Waals surface area (Å²) < 4.78 is 18.4. The first kappa shape index (κ1) is 26.0. The molecule has 0 saturated carbocycles. The Bertz CT molecular complexity index is 1540. The SMILES string of the molecule is CCOC(=O)C1=C(C)N=c2s/c(=C\c3ccc(Cl)cc3Cl)c(=O)n2[C@H]1c1ccc(OC)c(OCC)c1. The molecule has 0 saturated heterocycles. The van der Waals surface area contributed by atoms with Gasteiger partial charge in [0.15, 0.2) is 16.3 Å². The molecule has 1 aliphatic rings. The lowest BCUT2D eigenvalue weighted by molar-refractivity contribution is -0.139. The number of ether oxygens (including phenoxy) is 3. The minimum Gasteiger partial charge on any atom is -0.493 e. The van der Waals surface area contributed by atoms with E-state index in [2.05, 4.69) is 4.99 Å². The van der Waals surface area contributed by atoms with E-state index in [-0.39, 0.29) is 17.7 Å². The van der Waals surface area contributed by atoms with Crippen molar-refractivity contribution in [2.75, 3.05) is 20.3 Å². The molecule has 3 aromatic rings. The molecular formula is C26H24Cl2N2O5S. The Balaban J connectivity index is 1.97. The third-order valence-corrected chi connectivity index (χ3v) is 7.11. The van der Waals surface area contributed by atoms with E-state index in [9.17, 15) is 9.59 Å². The number of aromatic nitrogens is 1. The smallest absolute Gasteiger partial charge is 0.338 e. The average Bonchev–Trinajstić information content (AvgIpc) is 3.14. The Kier molecular flexibility index (Phi) is 7.88. The van der Waals surface area contributed by atoms with E-state index in [4.69, 9.17) is 37.4 Å². The zero-order valence-corrected chi connectivity index (χ0v) is 22.5. The van der Waals surface area contributed by atoms with Crippen molar-refractivity contribution in [3.8, 4) is 11.5 Å². The minimum absolute atomic E-state index is 0.189. The molecule has 0 amide bonds. The van der Waals surface area contributed by atoms with E-state index in [0.29, 0.717) is 54.3 Å². The van der Waals surface area contributed by atoms with Crippen molar-refractivity contribution in [3.63, 3.8) is 0 Å². The van der Waals surface area contributed by atoms with E-state index >= 15 is 0 Å². The molecule has 188 valence electrons. The van der Waals surface area contributed by atoms with Gasteiger partial charge in [0.1, 0.15) is 0 Å². The normalized spacial score (nSPS) is 15.4. The van der Waals surface area contributed by atoms with Crippen molar-refractivity contribution in [3.05, 3.63) is 88.5 Å². The quantitative estimate of drug-likeness (QED) is 0.407. The number of benzene rings is 2. The molecule has 0 unspecified atom stereocenters. The van der Waals surface area contributed by atoms with Crippen LogP contribution in [0.15, 0.2) is 57.5 Å². The summed E-state index contributed by atoms with van der Waals surface area (Å²) in [5, 5.41) is 0.919. The number of hydrogen-bond donors (Lipinski definition) is 0. The molecule has 0 radical (unpaired) electrons. The number of hydrogen-bond acceptors (Lipinski definition) is 7. The molecule has 1 aromatic heterocycles. The van der Waals surface area contributed by atoms with Gasteiger partial charge in [-0.25, -0.2) is 9.79 Å². The standard InChI is InChI=1S/C26H24Cl2N2O5S/c1-5-34-20-11-16(8-10-19(20)33-4)23-22(25(32)35-6-2)14(3)29-26-30(23)24(31)21(36-26)12-15-7-9-17(27)13-18(15)28/h7-13,23H,5-6H2,1-4H3/b21-12-/t23-/m0/s1. The number of rotatable bonds is 7.